The van der Waals surface area contributed by atoms with Crippen LogP contribution >= 0.6 is 0 Å². The molecule has 1 fully saturated rings. The fourth-order valence-electron chi connectivity index (χ4n) is 3.11. The molecule has 0 N–H and O–H groups in total. The van der Waals surface area contributed by atoms with Gasteiger partial charge in [-0.25, -0.2) is 0 Å². The molecule has 17 heavy (non-hydrogen) atoms. The van der Waals surface area contributed by atoms with Crippen molar-refractivity contribution in [2.45, 2.75) is 19.3 Å². The number of carbonyl (C=O) groups is 2. The van der Waals surface area contributed by atoms with E-state index in [1.54, 1.807) is 0 Å². The van der Waals surface area contributed by atoms with Gasteiger partial charge >= 0.3 is 11.9 Å². The number of esters is 2. The predicted molar refractivity (Wildman–Crippen MR) is 61.0 cm³/mol. The van der Waals surface area contributed by atoms with E-state index >= 15 is 0 Å². The van der Waals surface area contributed by atoms with Gasteiger partial charge in [-0.2, -0.15) is 0 Å². The molecule has 0 saturated heterocycles. The second-order valence-corrected chi connectivity index (χ2v) is 4.74. The maximum absolute atomic E-state index is 11.9. The summed E-state index contributed by atoms with van der Waals surface area (Å²) in [5, 5.41) is 0. The molecule has 3 rings (SSSR count). The molecule has 94 valence electrons. The Morgan fingerprint density at radius 3 is 1.71 bits per heavy atom. The lowest BCUT2D eigenvalue weighted by molar-refractivity contribution is -0.161. The van der Waals surface area contributed by atoms with Gasteiger partial charge in [0, 0.05) is 0 Å². The van der Waals surface area contributed by atoms with Crippen LogP contribution in [0.15, 0.2) is 12.2 Å². The van der Waals surface area contributed by atoms with Gasteiger partial charge in [0.1, 0.15) is 0 Å². The van der Waals surface area contributed by atoms with Gasteiger partial charge in [0.15, 0.2) is 0 Å². The number of carbonyl (C=O) groups excluding carboxylic acids is 2. The van der Waals surface area contributed by atoms with Crippen LogP contribution in [0.3, 0.4) is 0 Å². The molecule has 3 aliphatic carbocycles. The molecule has 4 nitrogen and oxygen atoms in total. The highest BCUT2D eigenvalue weighted by Gasteiger charge is 2.47. The number of allylic oxidation sites excluding steroid dienone is 2. The minimum absolute atomic E-state index is 0.116. The fraction of sp³-hybridized carbons (Fsp3) is 0.692. The van der Waals surface area contributed by atoms with E-state index in [1.165, 1.54) is 14.2 Å². The van der Waals surface area contributed by atoms with Crippen molar-refractivity contribution < 1.29 is 19.1 Å². The zero-order valence-corrected chi connectivity index (χ0v) is 10.2. The fourth-order valence-corrected chi connectivity index (χ4v) is 3.11. The molecule has 0 radical (unpaired) electrons. The minimum atomic E-state index is -0.370. The molecule has 4 heteroatoms. The van der Waals surface area contributed by atoms with Crippen molar-refractivity contribution in [2.75, 3.05) is 14.2 Å². The van der Waals surface area contributed by atoms with E-state index < -0.39 is 0 Å². The average molecular weight is 238 g/mol. The summed E-state index contributed by atoms with van der Waals surface area (Å²) in [6, 6.07) is 0. The van der Waals surface area contributed by atoms with Crippen molar-refractivity contribution in [2.24, 2.45) is 23.7 Å². The molecule has 0 aromatic heterocycles. The van der Waals surface area contributed by atoms with Gasteiger partial charge in [0.05, 0.1) is 26.1 Å². The molecular formula is C13H18O4. The Kier molecular flexibility index (Phi) is 3.50. The van der Waals surface area contributed by atoms with Crippen LogP contribution in [-0.4, -0.2) is 26.2 Å². The normalized spacial score (nSPS) is 35.2. The summed E-state index contributed by atoms with van der Waals surface area (Å²) in [6.45, 7) is 0. The quantitative estimate of drug-likeness (QED) is 0.541. The molecule has 0 amide bonds. The summed E-state index contributed by atoms with van der Waals surface area (Å²) in [7, 11) is 2.75. The monoisotopic (exact) mass is 238 g/mol. The topological polar surface area (TPSA) is 52.6 Å². The molecule has 0 heterocycles. The second kappa shape index (κ2) is 4.90. The highest BCUT2D eigenvalue weighted by atomic mass is 16.5. The SMILES string of the molecule is COC(=O)[C@@H]1[C@H](C(=O)OC)[C@@H]2C=C[C@H]1CCC2. The predicted octanol–water partition coefficient (Wildman–Crippen LogP) is 1.55. The third kappa shape index (κ3) is 2.08. The van der Waals surface area contributed by atoms with Crippen molar-refractivity contribution in [3.8, 4) is 0 Å². The largest absolute Gasteiger partial charge is 0.469 e. The Balaban J connectivity index is 2.34. The van der Waals surface area contributed by atoms with Crippen LogP contribution in [0.5, 0.6) is 0 Å². The van der Waals surface area contributed by atoms with Crippen LogP contribution in [0.25, 0.3) is 0 Å². The molecule has 0 aromatic carbocycles. The molecule has 0 spiro atoms. The standard InChI is InChI=1S/C13H18O4/c1-16-12(14)10-8-4-3-5-9(7-6-8)11(10)13(15)17-2/h6-11H,3-5H2,1-2H3/t8-,9+,10+,11-. The number of hydrogen-bond acceptors (Lipinski definition) is 4. The summed E-state index contributed by atoms with van der Waals surface area (Å²) in [4.78, 5) is 23.8. The lowest BCUT2D eigenvalue weighted by atomic mass is 9.71. The Labute approximate surface area is 101 Å². The highest BCUT2D eigenvalue weighted by molar-refractivity contribution is 5.83. The molecule has 4 atom stereocenters. The van der Waals surface area contributed by atoms with Crippen molar-refractivity contribution in [3.05, 3.63) is 12.2 Å². The molecule has 2 bridgehead atoms. The first kappa shape index (κ1) is 12.1. The first-order chi connectivity index (χ1) is 8.19. The van der Waals surface area contributed by atoms with Crippen molar-refractivity contribution in [1.29, 1.82) is 0 Å². The second-order valence-electron chi connectivity index (χ2n) is 4.74. The van der Waals surface area contributed by atoms with Crippen molar-refractivity contribution >= 4 is 11.9 Å². The zero-order valence-electron chi connectivity index (χ0n) is 10.2. The molecule has 0 unspecified atom stereocenters. The molecule has 1 saturated carbocycles. The van der Waals surface area contributed by atoms with Crippen LogP contribution < -0.4 is 0 Å². The van der Waals surface area contributed by atoms with E-state index in [4.69, 9.17) is 9.47 Å². The first-order valence-electron chi connectivity index (χ1n) is 6.03. The van der Waals surface area contributed by atoms with E-state index in [0.29, 0.717) is 0 Å². The van der Waals surface area contributed by atoms with E-state index in [-0.39, 0.29) is 35.6 Å². The first-order valence-corrected chi connectivity index (χ1v) is 6.03. The van der Waals surface area contributed by atoms with Gasteiger partial charge in [-0.15, -0.1) is 0 Å². The van der Waals surface area contributed by atoms with Gasteiger partial charge in [-0.3, -0.25) is 9.59 Å². The molecule has 3 aliphatic rings. The van der Waals surface area contributed by atoms with Crippen molar-refractivity contribution in [1.82, 2.24) is 0 Å². The number of methoxy groups -OCH3 is 2. The molecule has 0 aromatic rings. The number of rotatable bonds is 2. The summed E-state index contributed by atoms with van der Waals surface area (Å²) in [6.07, 6.45) is 7.07. The van der Waals surface area contributed by atoms with E-state index in [9.17, 15) is 9.59 Å². The van der Waals surface area contributed by atoms with Crippen LogP contribution in [0.2, 0.25) is 0 Å². The van der Waals surface area contributed by atoms with Gasteiger partial charge in [0.25, 0.3) is 0 Å². The maximum Gasteiger partial charge on any atom is 0.310 e. The lowest BCUT2D eigenvalue weighted by Gasteiger charge is -2.32. The summed E-state index contributed by atoms with van der Waals surface area (Å²) >= 11 is 0. The summed E-state index contributed by atoms with van der Waals surface area (Å²) < 4.78 is 9.68. The van der Waals surface area contributed by atoms with Crippen LogP contribution in [0.4, 0.5) is 0 Å². The van der Waals surface area contributed by atoms with Gasteiger partial charge in [-0.05, 0) is 24.7 Å². The third-order valence-electron chi connectivity index (χ3n) is 3.94. The minimum Gasteiger partial charge on any atom is -0.469 e. The highest BCUT2D eigenvalue weighted by Crippen LogP contribution is 2.43. The van der Waals surface area contributed by atoms with E-state index in [2.05, 4.69) is 12.2 Å². The Morgan fingerprint density at radius 1 is 0.941 bits per heavy atom. The smallest absolute Gasteiger partial charge is 0.310 e. The van der Waals surface area contributed by atoms with Gasteiger partial charge in [0.2, 0.25) is 0 Å². The molecule has 0 aliphatic heterocycles. The van der Waals surface area contributed by atoms with Crippen LogP contribution in [0, 0.1) is 23.7 Å². The Morgan fingerprint density at radius 2 is 1.35 bits per heavy atom. The van der Waals surface area contributed by atoms with E-state index in [1.807, 2.05) is 0 Å². The Bertz CT molecular complexity index is 315. The van der Waals surface area contributed by atoms with E-state index in [0.717, 1.165) is 19.3 Å². The number of fused-ring (bicyclic) bond motifs is 3. The third-order valence-corrected chi connectivity index (χ3v) is 3.94. The zero-order chi connectivity index (χ0) is 12.4. The van der Waals surface area contributed by atoms with Crippen molar-refractivity contribution in [3.63, 3.8) is 0 Å². The Hall–Kier alpha value is -1.32. The lowest BCUT2D eigenvalue weighted by Crippen LogP contribution is -2.40. The maximum atomic E-state index is 11.9. The average Bonchev–Trinajstić information content (AvgIpc) is 2.69. The summed E-state index contributed by atoms with van der Waals surface area (Å²) in [5.74, 6) is -1.09. The number of ether oxygens (including phenoxy) is 2. The summed E-state index contributed by atoms with van der Waals surface area (Å²) in [5.41, 5.74) is 0. The van der Waals surface area contributed by atoms with Crippen LogP contribution in [0.1, 0.15) is 19.3 Å². The van der Waals surface area contributed by atoms with Crippen LogP contribution in [-0.2, 0) is 19.1 Å². The molecular weight excluding hydrogens is 220 g/mol. The van der Waals surface area contributed by atoms with Gasteiger partial charge < -0.3 is 9.47 Å². The van der Waals surface area contributed by atoms with Gasteiger partial charge in [-0.1, -0.05) is 18.6 Å². The number of hydrogen-bond donors (Lipinski definition) is 0.